The van der Waals surface area contributed by atoms with Crippen LogP contribution in [0.25, 0.3) is 0 Å². The molecule has 0 aromatic heterocycles. The summed E-state index contributed by atoms with van der Waals surface area (Å²) in [6.07, 6.45) is 4.53. The molecule has 22 heavy (non-hydrogen) atoms. The second-order valence-electron chi connectivity index (χ2n) is 5.96. The first-order valence-corrected chi connectivity index (χ1v) is 8.26. The predicted octanol–water partition coefficient (Wildman–Crippen LogP) is 3.96. The van der Waals surface area contributed by atoms with Crippen molar-refractivity contribution in [2.24, 2.45) is 5.92 Å². The summed E-state index contributed by atoms with van der Waals surface area (Å²) in [4.78, 5) is 14.7. The van der Waals surface area contributed by atoms with Gasteiger partial charge in [-0.1, -0.05) is 33.6 Å². The number of carbonyl (C=O) groups is 1. The van der Waals surface area contributed by atoms with Gasteiger partial charge < -0.3 is 15.4 Å². The van der Waals surface area contributed by atoms with Crippen LogP contribution in [-0.2, 0) is 0 Å². The Kier molecular flexibility index (Phi) is 7.78. The van der Waals surface area contributed by atoms with Gasteiger partial charge in [0.25, 0.3) is 5.91 Å². The van der Waals surface area contributed by atoms with E-state index in [2.05, 4.69) is 20.8 Å². The Morgan fingerprint density at radius 3 is 2.64 bits per heavy atom. The molecule has 4 nitrogen and oxygen atoms in total. The van der Waals surface area contributed by atoms with Gasteiger partial charge >= 0.3 is 0 Å². The van der Waals surface area contributed by atoms with Crippen LogP contribution in [0, 0.1) is 5.92 Å². The second-order valence-corrected chi connectivity index (χ2v) is 5.96. The minimum atomic E-state index is 0.0588. The molecule has 0 aliphatic rings. The summed E-state index contributed by atoms with van der Waals surface area (Å²) in [6.45, 7) is 8.10. The normalized spacial score (nSPS) is 12.0. The summed E-state index contributed by atoms with van der Waals surface area (Å²) in [5.41, 5.74) is 7.01. The van der Waals surface area contributed by atoms with Gasteiger partial charge in [-0.05, 0) is 37.0 Å². The average Bonchev–Trinajstić information content (AvgIpc) is 2.52. The number of unbranched alkanes of at least 4 members (excludes halogenated alkanes) is 1. The molecule has 4 heteroatoms. The van der Waals surface area contributed by atoms with Crippen molar-refractivity contribution in [2.75, 3.05) is 25.9 Å². The van der Waals surface area contributed by atoms with Crippen LogP contribution < -0.4 is 10.5 Å². The van der Waals surface area contributed by atoms with Crippen LogP contribution in [0.3, 0.4) is 0 Å². The van der Waals surface area contributed by atoms with Crippen LogP contribution in [0.1, 0.15) is 56.8 Å². The van der Waals surface area contributed by atoms with Crippen LogP contribution in [0.15, 0.2) is 18.2 Å². The Balaban J connectivity index is 2.83. The number of benzene rings is 1. The second kappa shape index (κ2) is 9.34. The quantitative estimate of drug-likeness (QED) is 0.703. The molecule has 0 aliphatic carbocycles. The monoisotopic (exact) mass is 306 g/mol. The molecule has 0 spiro atoms. The van der Waals surface area contributed by atoms with Gasteiger partial charge in [-0.15, -0.1) is 0 Å². The highest BCUT2D eigenvalue weighted by Crippen LogP contribution is 2.23. The maximum absolute atomic E-state index is 12.8. The van der Waals surface area contributed by atoms with Crippen LogP contribution in [0.2, 0.25) is 0 Å². The molecular weight excluding hydrogens is 276 g/mol. The first-order chi connectivity index (χ1) is 10.5. The number of amides is 1. The maximum Gasteiger partial charge on any atom is 0.253 e. The lowest BCUT2D eigenvalue weighted by Gasteiger charge is -2.26. The number of nitrogens with two attached hydrogens (primary N) is 1. The highest BCUT2D eigenvalue weighted by molar-refractivity contribution is 5.95. The van der Waals surface area contributed by atoms with Gasteiger partial charge in [-0.25, -0.2) is 0 Å². The first-order valence-electron chi connectivity index (χ1n) is 8.26. The van der Waals surface area contributed by atoms with Gasteiger partial charge in [0.15, 0.2) is 0 Å². The molecule has 1 rings (SSSR count). The largest absolute Gasteiger partial charge is 0.495 e. The number of anilines is 1. The number of hydrogen-bond acceptors (Lipinski definition) is 3. The van der Waals surface area contributed by atoms with Gasteiger partial charge in [0.05, 0.1) is 12.8 Å². The van der Waals surface area contributed by atoms with Crippen LogP contribution in [0.4, 0.5) is 5.69 Å². The molecule has 2 N–H and O–H groups in total. The molecule has 0 aliphatic heterocycles. The van der Waals surface area contributed by atoms with E-state index >= 15 is 0 Å². The Labute approximate surface area is 134 Å². The highest BCUT2D eigenvalue weighted by atomic mass is 16.5. The summed E-state index contributed by atoms with van der Waals surface area (Å²) in [6, 6.07) is 5.24. The third-order valence-electron chi connectivity index (χ3n) is 3.84. The first kappa shape index (κ1) is 18.3. The summed E-state index contributed by atoms with van der Waals surface area (Å²) < 4.78 is 5.21. The third kappa shape index (κ3) is 5.24. The fourth-order valence-corrected chi connectivity index (χ4v) is 2.59. The molecule has 0 saturated heterocycles. The maximum atomic E-state index is 12.8. The van der Waals surface area contributed by atoms with Crippen molar-refractivity contribution in [1.82, 2.24) is 4.90 Å². The van der Waals surface area contributed by atoms with Crippen molar-refractivity contribution in [1.29, 1.82) is 0 Å². The molecule has 1 aromatic carbocycles. The fourth-order valence-electron chi connectivity index (χ4n) is 2.59. The summed E-state index contributed by atoms with van der Waals surface area (Å²) in [5.74, 6) is 1.14. The summed E-state index contributed by atoms with van der Waals surface area (Å²) in [5, 5.41) is 0. The average molecular weight is 306 g/mol. The van der Waals surface area contributed by atoms with E-state index in [1.165, 1.54) is 12.8 Å². The molecule has 0 bridgehead atoms. The van der Waals surface area contributed by atoms with E-state index in [0.29, 0.717) is 22.9 Å². The zero-order valence-electron chi connectivity index (χ0n) is 14.4. The van der Waals surface area contributed by atoms with E-state index in [4.69, 9.17) is 10.5 Å². The molecule has 0 heterocycles. The SMILES string of the molecule is CCCCC(C)CN(CCC)C(=O)c1ccc(N)c(OC)c1. The van der Waals surface area contributed by atoms with Gasteiger partial charge in [0.1, 0.15) is 5.75 Å². The van der Waals surface area contributed by atoms with Crippen molar-refractivity contribution in [3.05, 3.63) is 23.8 Å². The number of ether oxygens (including phenoxy) is 1. The lowest BCUT2D eigenvalue weighted by atomic mass is 10.0. The van der Waals surface area contributed by atoms with E-state index in [9.17, 15) is 4.79 Å². The van der Waals surface area contributed by atoms with E-state index in [1.54, 1.807) is 25.3 Å². The van der Waals surface area contributed by atoms with Gasteiger partial charge in [-0.2, -0.15) is 0 Å². The number of carbonyl (C=O) groups excluding carboxylic acids is 1. The molecule has 1 amide bonds. The smallest absolute Gasteiger partial charge is 0.253 e. The van der Waals surface area contributed by atoms with E-state index in [1.807, 2.05) is 4.90 Å². The Hall–Kier alpha value is -1.71. The Bertz CT molecular complexity index is 474. The number of nitrogen functional groups attached to an aromatic ring is 1. The molecule has 1 atom stereocenters. The topological polar surface area (TPSA) is 55.6 Å². The molecule has 1 aromatic rings. The van der Waals surface area contributed by atoms with E-state index in [-0.39, 0.29) is 5.91 Å². The summed E-state index contributed by atoms with van der Waals surface area (Å²) in [7, 11) is 1.57. The lowest BCUT2D eigenvalue weighted by molar-refractivity contribution is 0.0728. The van der Waals surface area contributed by atoms with Gasteiger partial charge in [-0.3, -0.25) is 4.79 Å². The van der Waals surface area contributed by atoms with E-state index < -0.39 is 0 Å². The molecule has 0 fully saturated rings. The Morgan fingerprint density at radius 2 is 2.05 bits per heavy atom. The van der Waals surface area contributed by atoms with Gasteiger partial charge in [0.2, 0.25) is 0 Å². The molecular formula is C18H30N2O2. The summed E-state index contributed by atoms with van der Waals surface area (Å²) >= 11 is 0. The van der Waals surface area contributed by atoms with Gasteiger partial charge in [0, 0.05) is 18.7 Å². The lowest BCUT2D eigenvalue weighted by Crippen LogP contribution is -2.35. The Morgan fingerprint density at radius 1 is 1.32 bits per heavy atom. The number of nitrogens with zero attached hydrogens (tertiary/aromatic N) is 1. The zero-order valence-corrected chi connectivity index (χ0v) is 14.4. The predicted molar refractivity (Wildman–Crippen MR) is 92.3 cm³/mol. The molecule has 0 saturated carbocycles. The molecule has 124 valence electrons. The third-order valence-corrected chi connectivity index (χ3v) is 3.84. The van der Waals surface area contributed by atoms with Crippen molar-refractivity contribution >= 4 is 11.6 Å². The minimum Gasteiger partial charge on any atom is -0.495 e. The molecule has 0 radical (unpaired) electrons. The van der Waals surface area contributed by atoms with Crippen LogP contribution in [0.5, 0.6) is 5.75 Å². The highest BCUT2D eigenvalue weighted by Gasteiger charge is 2.18. The van der Waals surface area contributed by atoms with Crippen molar-refractivity contribution < 1.29 is 9.53 Å². The van der Waals surface area contributed by atoms with Crippen LogP contribution in [-0.4, -0.2) is 31.0 Å². The zero-order chi connectivity index (χ0) is 16.5. The van der Waals surface area contributed by atoms with E-state index in [0.717, 1.165) is 25.9 Å². The van der Waals surface area contributed by atoms with Crippen molar-refractivity contribution in [3.8, 4) is 5.75 Å². The number of methoxy groups -OCH3 is 1. The minimum absolute atomic E-state index is 0.0588. The standard InChI is InChI=1S/C18H30N2O2/c1-5-7-8-14(3)13-20(11-6-2)18(21)15-9-10-16(19)17(12-15)22-4/h9-10,12,14H,5-8,11,13,19H2,1-4H3. The molecule has 1 unspecified atom stereocenters. The van der Waals surface area contributed by atoms with Crippen molar-refractivity contribution in [2.45, 2.75) is 46.5 Å². The van der Waals surface area contributed by atoms with Crippen LogP contribution >= 0.6 is 0 Å². The van der Waals surface area contributed by atoms with Crippen molar-refractivity contribution in [3.63, 3.8) is 0 Å². The number of hydrogen-bond donors (Lipinski definition) is 1. The number of rotatable bonds is 9. The fraction of sp³-hybridized carbons (Fsp3) is 0.611.